The molecule has 1 fully saturated rings. The largest absolute Gasteiger partial charge is 0.388 e. The van der Waals surface area contributed by atoms with Crippen LogP contribution >= 0.6 is 0 Å². The molecule has 0 saturated heterocycles. The van der Waals surface area contributed by atoms with Gasteiger partial charge < -0.3 is 10.4 Å². The van der Waals surface area contributed by atoms with Crippen LogP contribution in [0.3, 0.4) is 0 Å². The van der Waals surface area contributed by atoms with Crippen LogP contribution in [0.4, 0.5) is 0 Å². The van der Waals surface area contributed by atoms with Gasteiger partial charge in [0.15, 0.2) is 0 Å². The lowest BCUT2D eigenvalue weighted by molar-refractivity contribution is 0.0294. The molecule has 1 saturated carbocycles. The minimum absolute atomic E-state index is 0.481. The quantitative estimate of drug-likeness (QED) is 0.726. The Labute approximate surface area is 105 Å². The van der Waals surface area contributed by atoms with Crippen molar-refractivity contribution >= 4 is 5.84 Å². The first-order valence-corrected chi connectivity index (χ1v) is 7.28. The molecule has 2 aliphatic rings. The van der Waals surface area contributed by atoms with Crippen molar-refractivity contribution < 1.29 is 5.11 Å². The van der Waals surface area contributed by atoms with Crippen molar-refractivity contribution in [3.63, 3.8) is 0 Å². The minimum atomic E-state index is -0.481. The zero-order valence-corrected chi connectivity index (χ0v) is 10.9. The van der Waals surface area contributed by atoms with Gasteiger partial charge in [-0.05, 0) is 25.7 Å². The monoisotopic (exact) mass is 238 g/mol. The van der Waals surface area contributed by atoms with Gasteiger partial charge in [0.25, 0.3) is 0 Å². The fourth-order valence-corrected chi connectivity index (χ4v) is 2.85. The number of aliphatic hydroxyl groups is 1. The summed E-state index contributed by atoms with van der Waals surface area (Å²) in [5.74, 6) is 1.13. The molecule has 0 aromatic heterocycles. The van der Waals surface area contributed by atoms with E-state index >= 15 is 0 Å². The van der Waals surface area contributed by atoms with Crippen LogP contribution in [-0.2, 0) is 0 Å². The minimum Gasteiger partial charge on any atom is -0.388 e. The highest BCUT2D eigenvalue weighted by atomic mass is 16.3. The predicted molar refractivity (Wildman–Crippen MR) is 71.4 cm³/mol. The smallest absolute Gasteiger partial charge is 0.0964 e. The van der Waals surface area contributed by atoms with Gasteiger partial charge in [0.1, 0.15) is 0 Å². The van der Waals surface area contributed by atoms with E-state index in [4.69, 9.17) is 0 Å². The van der Waals surface area contributed by atoms with Crippen molar-refractivity contribution in [2.24, 2.45) is 4.99 Å². The zero-order chi connectivity index (χ0) is 12.0. The van der Waals surface area contributed by atoms with E-state index in [2.05, 4.69) is 10.3 Å². The molecule has 0 spiro atoms. The van der Waals surface area contributed by atoms with Crippen molar-refractivity contribution in [1.82, 2.24) is 5.32 Å². The number of amidine groups is 1. The summed E-state index contributed by atoms with van der Waals surface area (Å²) in [5, 5.41) is 13.9. The van der Waals surface area contributed by atoms with Gasteiger partial charge in [0.2, 0.25) is 0 Å². The first-order valence-electron chi connectivity index (χ1n) is 7.28. The highest BCUT2D eigenvalue weighted by Crippen LogP contribution is 2.26. The maximum Gasteiger partial charge on any atom is 0.0964 e. The summed E-state index contributed by atoms with van der Waals surface area (Å²) in [5.41, 5.74) is -0.481. The number of rotatable bonds is 2. The van der Waals surface area contributed by atoms with Gasteiger partial charge in [-0.15, -0.1) is 0 Å². The molecular weight excluding hydrogens is 212 g/mol. The molecule has 98 valence electrons. The van der Waals surface area contributed by atoms with E-state index in [0.717, 1.165) is 31.6 Å². The zero-order valence-electron chi connectivity index (χ0n) is 10.9. The summed E-state index contributed by atoms with van der Waals surface area (Å²) in [6.07, 6.45) is 11.6. The number of aliphatic imine (C=N–C) groups is 1. The van der Waals surface area contributed by atoms with Crippen LogP contribution in [0.5, 0.6) is 0 Å². The van der Waals surface area contributed by atoms with Crippen LogP contribution in [0.15, 0.2) is 4.99 Å². The maximum atomic E-state index is 10.5. The van der Waals surface area contributed by atoms with E-state index in [9.17, 15) is 5.11 Å². The Morgan fingerprint density at radius 2 is 1.71 bits per heavy atom. The summed E-state index contributed by atoms with van der Waals surface area (Å²) in [4.78, 5) is 4.56. The Balaban J connectivity index is 1.80. The Hall–Kier alpha value is -0.570. The average Bonchev–Trinajstić information content (AvgIpc) is 2.69. The topological polar surface area (TPSA) is 44.6 Å². The molecular formula is C14H26N2O. The first-order chi connectivity index (χ1) is 8.29. The number of hydrogen-bond acceptors (Lipinski definition) is 3. The summed E-state index contributed by atoms with van der Waals surface area (Å²) in [6.45, 7) is 1.66. The van der Waals surface area contributed by atoms with Crippen LogP contribution in [0.25, 0.3) is 0 Å². The lowest BCUT2D eigenvalue weighted by Crippen LogP contribution is -2.42. The van der Waals surface area contributed by atoms with Gasteiger partial charge in [-0.25, -0.2) is 0 Å². The van der Waals surface area contributed by atoms with Gasteiger partial charge in [-0.2, -0.15) is 0 Å². The van der Waals surface area contributed by atoms with Crippen molar-refractivity contribution in [2.45, 2.75) is 69.8 Å². The lowest BCUT2D eigenvalue weighted by atomic mass is 9.94. The predicted octanol–water partition coefficient (Wildman–Crippen LogP) is 2.63. The van der Waals surface area contributed by atoms with Gasteiger partial charge in [0, 0.05) is 19.5 Å². The molecule has 2 N–H and O–H groups in total. The third-order valence-corrected chi connectivity index (χ3v) is 4.03. The van der Waals surface area contributed by atoms with Crippen LogP contribution in [-0.4, -0.2) is 29.6 Å². The van der Waals surface area contributed by atoms with E-state index in [1.165, 1.54) is 44.9 Å². The summed E-state index contributed by atoms with van der Waals surface area (Å²) >= 11 is 0. The number of nitrogens with zero attached hydrogens (tertiary/aromatic N) is 1. The molecule has 0 radical (unpaired) electrons. The molecule has 3 heteroatoms. The van der Waals surface area contributed by atoms with E-state index in [-0.39, 0.29) is 0 Å². The van der Waals surface area contributed by atoms with Gasteiger partial charge >= 0.3 is 0 Å². The highest BCUT2D eigenvalue weighted by molar-refractivity contribution is 5.82. The molecule has 0 bridgehead atoms. The summed E-state index contributed by atoms with van der Waals surface area (Å²) in [6, 6.07) is 0. The SMILES string of the molecule is OC1(CNC2=NCCCCC2)CCCCCC1. The van der Waals surface area contributed by atoms with Crippen molar-refractivity contribution in [3.05, 3.63) is 0 Å². The summed E-state index contributed by atoms with van der Waals surface area (Å²) in [7, 11) is 0. The average molecular weight is 238 g/mol. The van der Waals surface area contributed by atoms with E-state index in [1.54, 1.807) is 0 Å². The Morgan fingerprint density at radius 1 is 1.00 bits per heavy atom. The van der Waals surface area contributed by atoms with Gasteiger partial charge in [0.05, 0.1) is 11.4 Å². The molecule has 3 nitrogen and oxygen atoms in total. The molecule has 0 aromatic rings. The van der Waals surface area contributed by atoms with Crippen molar-refractivity contribution in [1.29, 1.82) is 0 Å². The third-order valence-electron chi connectivity index (χ3n) is 4.03. The second-order valence-corrected chi connectivity index (χ2v) is 5.63. The van der Waals surface area contributed by atoms with Gasteiger partial charge in [-0.3, -0.25) is 4.99 Å². The van der Waals surface area contributed by atoms with Crippen molar-refractivity contribution in [2.75, 3.05) is 13.1 Å². The van der Waals surface area contributed by atoms with Gasteiger partial charge in [-0.1, -0.05) is 32.1 Å². The van der Waals surface area contributed by atoms with Crippen LogP contribution < -0.4 is 5.32 Å². The standard InChI is InChI=1S/C14H26N2O/c17-14(9-5-1-2-6-10-14)12-16-13-8-4-3-7-11-15-13/h17H,1-12H2,(H,15,16). The molecule has 0 atom stereocenters. The lowest BCUT2D eigenvalue weighted by Gasteiger charge is -2.27. The van der Waals surface area contributed by atoms with E-state index in [0.29, 0.717) is 6.54 Å². The second kappa shape index (κ2) is 6.39. The molecule has 0 amide bonds. The van der Waals surface area contributed by atoms with Crippen LogP contribution in [0.1, 0.15) is 64.2 Å². The Bertz CT molecular complexity index is 255. The molecule has 1 aliphatic carbocycles. The molecule has 1 aliphatic heterocycles. The summed E-state index contributed by atoms with van der Waals surface area (Å²) < 4.78 is 0. The van der Waals surface area contributed by atoms with E-state index < -0.39 is 5.60 Å². The molecule has 0 unspecified atom stereocenters. The molecule has 17 heavy (non-hydrogen) atoms. The third kappa shape index (κ3) is 4.30. The van der Waals surface area contributed by atoms with Crippen LogP contribution in [0.2, 0.25) is 0 Å². The fraction of sp³-hybridized carbons (Fsp3) is 0.929. The van der Waals surface area contributed by atoms with Crippen LogP contribution in [0, 0.1) is 0 Å². The van der Waals surface area contributed by atoms with Crippen molar-refractivity contribution in [3.8, 4) is 0 Å². The number of hydrogen-bond donors (Lipinski definition) is 2. The molecule has 2 rings (SSSR count). The fourth-order valence-electron chi connectivity index (χ4n) is 2.85. The maximum absolute atomic E-state index is 10.5. The Morgan fingerprint density at radius 3 is 2.47 bits per heavy atom. The second-order valence-electron chi connectivity index (χ2n) is 5.63. The number of nitrogens with one attached hydrogen (secondary N) is 1. The highest BCUT2D eigenvalue weighted by Gasteiger charge is 2.27. The normalized spacial score (nSPS) is 25.6. The molecule has 1 heterocycles. The Kier molecular flexibility index (Phi) is 4.84. The first kappa shape index (κ1) is 12.9. The molecule has 0 aromatic carbocycles. The van der Waals surface area contributed by atoms with E-state index in [1.807, 2.05) is 0 Å².